The van der Waals surface area contributed by atoms with Gasteiger partial charge in [0.2, 0.25) is 0 Å². The second kappa shape index (κ2) is 7.97. The van der Waals surface area contributed by atoms with Crippen molar-refractivity contribution in [2.75, 3.05) is 18.4 Å². The third-order valence-electron chi connectivity index (χ3n) is 6.23. The molecule has 0 spiro atoms. The maximum atomic E-state index is 10.1. The number of hydrogen-bond donors (Lipinski definition) is 3. The second-order valence-electron chi connectivity index (χ2n) is 10.3. The molecule has 1 aliphatic heterocycles. The number of hydrogen-bond acceptors (Lipinski definition) is 6. The number of anilines is 1. The Morgan fingerprint density at radius 3 is 2.76 bits per heavy atom. The Kier molecular flexibility index (Phi) is 5.22. The van der Waals surface area contributed by atoms with Gasteiger partial charge in [-0.1, -0.05) is 19.9 Å². The Hall–Kier alpha value is -3.23. The van der Waals surface area contributed by atoms with Gasteiger partial charge in [0.05, 0.1) is 35.9 Å². The lowest BCUT2D eigenvalue weighted by Crippen LogP contribution is -2.34. The van der Waals surface area contributed by atoms with Gasteiger partial charge in [0.25, 0.3) is 0 Å². The van der Waals surface area contributed by atoms with Crippen molar-refractivity contribution in [3.8, 4) is 22.5 Å². The molecule has 1 unspecified atom stereocenters. The van der Waals surface area contributed by atoms with E-state index in [9.17, 15) is 5.11 Å². The summed E-state index contributed by atoms with van der Waals surface area (Å²) in [5, 5.41) is 21.5. The third kappa shape index (κ3) is 4.49. The molecule has 8 heteroatoms. The smallest absolute Gasteiger partial charge is 0.137 e. The van der Waals surface area contributed by atoms with Crippen LogP contribution in [0.5, 0.6) is 0 Å². The van der Waals surface area contributed by atoms with Gasteiger partial charge in [-0.3, -0.25) is 9.08 Å². The summed E-state index contributed by atoms with van der Waals surface area (Å²) in [7, 11) is 0. The highest BCUT2D eigenvalue weighted by atomic mass is 16.3. The molecule has 3 N–H and O–H groups in total. The summed E-state index contributed by atoms with van der Waals surface area (Å²) in [6.07, 6.45) is 7.71. The standard InChI is InChI=1S/C25H31N7O/c1-24(2)15-26-12-21(24)30-22-7-5-6-19(29-22)20-11-27-23-9-8-17(14-32(20)23)18-10-28-31(13-18)16-25(3,4)33/h5-11,13-14,21,26,33H,12,15-16H2,1-4H3,(H,29,30). The van der Waals surface area contributed by atoms with Gasteiger partial charge in [-0.25, -0.2) is 9.97 Å². The predicted octanol–water partition coefficient (Wildman–Crippen LogP) is 3.44. The van der Waals surface area contributed by atoms with Gasteiger partial charge in [-0.15, -0.1) is 0 Å². The molecule has 172 valence electrons. The van der Waals surface area contributed by atoms with Gasteiger partial charge >= 0.3 is 0 Å². The van der Waals surface area contributed by atoms with Crippen LogP contribution in [0.2, 0.25) is 0 Å². The lowest BCUT2D eigenvalue weighted by molar-refractivity contribution is 0.0577. The van der Waals surface area contributed by atoms with E-state index in [0.717, 1.165) is 47.1 Å². The lowest BCUT2D eigenvalue weighted by Gasteiger charge is -2.27. The SMILES string of the molecule is CC(C)(O)Cn1cc(-c2ccc3ncc(-c4cccc(NC5CNCC5(C)C)n4)n3c2)cn1. The first-order valence-electron chi connectivity index (χ1n) is 11.3. The van der Waals surface area contributed by atoms with Crippen LogP contribution >= 0.6 is 0 Å². The molecule has 0 saturated carbocycles. The van der Waals surface area contributed by atoms with E-state index in [1.165, 1.54) is 0 Å². The van der Waals surface area contributed by atoms with Crippen molar-refractivity contribution in [1.29, 1.82) is 0 Å². The van der Waals surface area contributed by atoms with Crippen LogP contribution in [0.25, 0.3) is 28.2 Å². The van der Waals surface area contributed by atoms with Gasteiger partial charge < -0.3 is 15.7 Å². The van der Waals surface area contributed by atoms with Crippen LogP contribution in [-0.2, 0) is 6.54 Å². The molecule has 8 nitrogen and oxygen atoms in total. The van der Waals surface area contributed by atoms with E-state index in [1.54, 1.807) is 18.5 Å². The quantitative estimate of drug-likeness (QED) is 0.421. The van der Waals surface area contributed by atoms with Crippen molar-refractivity contribution >= 4 is 11.5 Å². The van der Waals surface area contributed by atoms with Crippen molar-refractivity contribution in [3.05, 3.63) is 55.1 Å². The van der Waals surface area contributed by atoms with Gasteiger partial charge in [-0.2, -0.15) is 5.10 Å². The summed E-state index contributed by atoms with van der Waals surface area (Å²) < 4.78 is 3.83. The molecule has 1 saturated heterocycles. The van der Waals surface area contributed by atoms with Gasteiger partial charge in [0.15, 0.2) is 0 Å². The summed E-state index contributed by atoms with van der Waals surface area (Å²) in [5.41, 5.74) is 4.02. The van der Waals surface area contributed by atoms with Crippen molar-refractivity contribution in [2.24, 2.45) is 5.41 Å². The number of nitrogens with one attached hydrogen (secondary N) is 2. The van der Waals surface area contributed by atoms with Crippen molar-refractivity contribution in [2.45, 2.75) is 45.9 Å². The maximum Gasteiger partial charge on any atom is 0.137 e. The van der Waals surface area contributed by atoms with Crippen molar-refractivity contribution in [1.82, 2.24) is 29.5 Å². The first-order valence-corrected chi connectivity index (χ1v) is 11.3. The average molecular weight is 446 g/mol. The summed E-state index contributed by atoms with van der Waals surface area (Å²) in [4.78, 5) is 9.48. The van der Waals surface area contributed by atoms with Crippen LogP contribution in [0, 0.1) is 5.41 Å². The van der Waals surface area contributed by atoms with Crippen LogP contribution in [0.15, 0.2) is 55.1 Å². The summed E-state index contributed by atoms with van der Waals surface area (Å²) in [6, 6.07) is 10.4. The minimum absolute atomic E-state index is 0.172. The highest BCUT2D eigenvalue weighted by molar-refractivity contribution is 5.67. The number of rotatable bonds is 6. The molecular formula is C25H31N7O. The fourth-order valence-electron chi connectivity index (χ4n) is 4.36. The van der Waals surface area contributed by atoms with E-state index in [0.29, 0.717) is 12.6 Å². The summed E-state index contributed by atoms with van der Waals surface area (Å²) in [5.74, 6) is 0.869. The molecule has 5 rings (SSSR count). The predicted molar refractivity (Wildman–Crippen MR) is 130 cm³/mol. The number of imidazole rings is 1. The van der Waals surface area contributed by atoms with Crippen LogP contribution < -0.4 is 10.6 Å². The van der Waals surface area contributed by atoms with E-state index in [2.05, 4.69) is 45.2 Å². The van der Waals surface area contributed by atoms with E-state index in [4.69, 9.17) is 4.98 Å². The Labute approximate surface area is 193 Å². The minimum atomic E-state index is -0.820. The lowest BCUT2D eigenvalue weighted by atomic mass is 9.88. The molecule has 1 fully saturated rings. The fourth-order valence-corrected chi connectivity index (χ4v) is 4.36. The highest BCUT2D eigenvalue weighted by Crippen LogP contribution is 2.28. The first kappa shape index (κ1) is 21.6. The molecule has 33 heavy (non-hydrogen) atoms. The molecule has 0 radical (unpaired) electrons. The molecule has 0 aliphatic carbocycles. The van der Waals surface area contributed by atoms with Gasteiger partial charge in [0.1, 0.15) is 11.5 Å². The Bertz CT molecular complexity index is 1280. The first-order chi connectivity index (χ1) is 15.7. The highest BCUT2D eigenvalue weighted by Gasteiger charge is 2.34. The molecule has 5 heterocycles. The van der Waals surface area contributed by atoms with Crippen molar-refractivity contribution < 1.29 is 5.11 Å². The zero-order valence-electron chi connectivity index (χ0n) is 19.6. The Morgan fingerprint density at radius 2 is 2.00 bits per heavy atom. The zero-order valence-corrected chi connectivity index (χ0v) is 19.6. The number of pyridine rings is 2. The summed E-state index contributed by atoms with van der Waals surface area (Å²) >= 11 is 0. The normalized spacial score (nSPS) is 18.2. The van der Waals surface area contributed by atoms with Gasteiger partial charge in [-0.05, 0) is 43.5 Å². The number of fused-ring (bicyclic) bond motifs is 1. The Balaban J connectivity index is 1.45. The second-order valence-corrected chi connectivity index (χ2v) is 10.3. The van der Waals surface area contributed by atoms with Crippen LogP contribution in [0.1, 0.15) is 27.7 Å². The topological polar surface area (TPSA) is 92.3 Å². The maximum absolute atomic E-state index is 10.1. The Morgan fingerprint density at radius 1 is 1.15 bits per heavy atom. The molecule has 4 aromatic heterocycles. The number of nitrogens with zero attached hydrogens (tertiary/aromatic N) is 5. The summed E-state index contributed by atoms with van der Waals surface area (Å²) in [6.45, 7) is 10.4. The largest absolute Gasteiger partial charge is 0.389 e. The average Bonchev–Trinajstić information content (AvgIpc) is 3.45. The van der Waals surface area contributed by atoms with E-state index < -0.39 is 5.60 Å². The van der Waals surface area contributed by atoms with Crippen molar-refractivity contribution in [3.63, 3.8) is 0 Å². The monoisotopic (exact) mass is 445 g/mol. The van der Waals surface area contributed by atoms with Crippen LogP contribution in [-0.4, -0.2) is 54.0 Å². The van der Waals surface area contributed by atoms with E-state index in [1.807, 2.05) is 48.9 Å². The molecule has 4 aromatic rings. The van der Waals surface area contributed by atoms with Crippen LogP contribution in [0.4, 0.5) is 5.82 Å². The van der Waals surface area contributed by atoms with E-state index >= 15 is 0 Å². The molecule has 0 bridgehead atoms. The van der Waals surface area contributed by atoms with Gasteiger partial charge in [0, 0.05) is 42.7 Å². The molecule has 1 aliphatic rings. The number of aromatic nitrogens is 5. The molecule has 0 aromatic carbocycles. The molecule has 1 atom stereocenters. The number of aliphatic hydroxyl groups is 1. The minimum Gasteiger partial charge on any atom is -0.389 e. The fraction of sp³-hybridized carbons (Fsp3) is 0.400. The molecular weight excluding hydrogens is 414 g/mol. The third-order valence-corrected chi connectivity index (χ3v) is 6.23. The van der Waals surface area contributed by atoms with E-state index in [-0.39, 0.29) is 5.41 Å². The van der Waals surface area contributed by atoms with Crippen LogP contribution in [0.3, 0.4) is 0 Å². The zero-order chi connectivity index (χ0) is 23.2. The molecule has 0 amide bonds.